The minimum absolute atomic E-state index is 0.0502. The van der Waals surface area contributed by atoms with E-state index in [9.17, 15) is 18.5 Å². The zero-order chi connectivity index (χ0) is 15.6. The number of nitro groups is 1. The normalized spacial score (nSPS) is 14.3. The van der Waals surface area contributed by atoms with E-state index in [2.05, 4.69) is 4.72 Å². The van der Waals surface area contributed by atoms with Crippen LogP contribution in [0.15, 0.2) is 23.1 Å². The highest BCUT2D eigenvalue weighted by Gasteiger charge is 2.33. The van der Waals surface area contributed by atoms with Crippen molar-refractivity contribution in [2.24, 2.45) is 0 Å². The Kier molecular flexibility index (Phi) is 4.70. The van der Waals surface area contributed by atoms with Crippen LogP contribution in [0.1, 0.15) is 20.3 Å². The number of rotatable bonds is 5. The number of benzene rings is 1. The quantitative estimate of drug-likeness (QED) is 0.660. The minimum Gasteiger partial charge on any atom is -0.258 e. The van der Waals surface area contributed by atoms with Crippen molar-refractivity contribution < 1.29 is 13.3 Å². The second kappa shape index (κ2) is 5.75. The fourth-order valence-electron chi connectivity index (χ4n) is 1.39. The van der Waals surface area contributed by atoms with Gasteiger partial charge in [0.2, 0.25) is 10.0 Å². The molecular formula is C11H12ClN3O4S. The van der Waals surface area contributed by atoms with E-state index in [1.54, 1.807) is 6.92 Å². The van der Waals surface area contributed by atoms with Crippen LogP contribution < -0.4 is 4.72 Å². The van der Waals surface area contributed by atoms with E-state index in [1.165, 1.54) is 13.0 Å². The molecule has 0 saturated heterocycles. The average molecular weight is 318 g/mol. The van der Waals surface area contributed by atoms with Gasteiger partial charge in [-0.25, -0.2) is 8.42 Å². The summed E-state index contributed by atoms with van der Waals surface area (Å²) in [5.74, 6) is 0. The van der Waals surface area contributed by atoms with Crippen LogP contribution in [0.5, 0.6) is 0 Å². The molecule has 0 heterocycles. The van der Waals surface area contributed by atoms with Crippen molar-refractivity contribution >= 4 is 27.3 Å². The smallest absolute Gasteiger partial charge is 0.258 e. The highest BCUT2D eigenvalue weighted by Crippen LogP contribution is 2.28. The van der Waals surface area contributed by atoms with Gasteiger partial charge in [0.25, 0.3) is 5.69 Å². The first kappa shape index (κ1) is 16.4. The summed E-state index contributed by atoms with van der Waals surface area (Å²) in [6.45, 7) is 3.02. The molecule has 0 amide bonds. The van der Waals surface area contributed by atoms with Crippen molar-refractivity contribution in [2.75, 3.05) is 0 Å². The zero-order valence-electron chi connectivity index (χ0n) is 10.8. The SMILES string of the molecule is CCC(C)(C#N)NS(=O)(=O)c1ccc(Cl)cc1[N+](=O)[O-]. The third kappa shape index (κ3) is 3.45. The Morgan fingerprint density at radius 1 is 1.55 bits per heavy atom. The molecule has 0 aliphatic carbocycles. The highest BCUT2D eigenvalue weighted by molar-refractivity contribution is 7.89. The van der Waals surface area contributed by atoms with Crippen molar-refractivity contribution in [3.8, 4) is 6.07 Å². The molecule has 1 N–H and O–H groups in total. The van der Waals surface area contributed by atoms with Gasteiger partial charge in [0.1, 0.15) is 5.54 Å². The van der Waals surface area contributed by atoms with E-state index in [1.807, 2.05) is 6.07 Å². The van der Waals surface area contributed by atoms with E-state index in [0.29, 0.717) is 0 Å². The lowest BCUT2D eigenvalue weighted by molar-refractivity contribution is -0.387. The largest absolute Gasteiger partial charge is 0.290 e. The molecule has 108 valence electrons. The van der Waals surface area contributed by atoms with Crippen molar-refractivity contribution in [2.45, 2.75) is 30.7 Å². The molecule has 0 radical (unpaired) electrons. The summed E-state index contributed by atoms with van der Waals surface area (Å²) in [6, 6.07) is 5.05. The molecule has 20 heavy (non-hydrogen) atoms. The van der Waals surface area contributed by atoms with Crippen LogP contribution in [0.2, 0.25) is 5.02 Å². The summed E-state index contributed by atoms with van der Waals surface area (Å²) in [4.78, 5) is 9.55. The van der Waals surface area contributed by atoms with E-state index in [4.69, 9.17) is 16.9 Å². The van der Waals surface area contributed by atoms with Crippen LogP contribution >= 0.6 is 11.6 Å². The van der Waals surface area contributed by atoms with Crippen LogP contribution in [0, 0.1) is 21.4 Å². The summed E-state index contributed by atoms with van der Waals surface area (Å²) in [5, 5.41) is 20.0. The van der Waals surface area contributed by atoms with Gasteiger partial charge in [-0.05, 0) is 25.5 Å². The summed E-state index contributed by atoms with van der Waals surface area (Å²) in [7, 11) is -4.21. The molecule has 0 aliphatic heterocycles. The predicted molar refractivity (Wildman–Crippen MR) is 72.7 cm³/mol. The fraction of sp³-hybridized carbons (Fsp3) is 0.364. The molecule has 1 unspecified atom stereocenters. The lowest BCUT2D eigenvalue weighted by Gasteiger charge is -2.20. The molecule has 7 nitrogen and oxygen atoms in total. The van der Waals surface area contributed by atoms with Crippen LogP contribution in [0.3, 0.4) is 0 Å². The average Bonchev–Trinajstić information content (AvgIpc) is 2.37. The maximum Gasteiger partial charge on any atom is 0.290 e. The number of hydrogen-bond donors (Lipinski definition) is 1. The van der Waals surface area contributed by atoms with Crippen molar-refractivity contribution in [1.82, 2.24) is 4.72 Å². The molecule has 0 aromatic heterocycles. The Bertz CT molecular complexity index is 683. The van der Waals surface area contributed by atoms with Crippen LogP contribution in [-0.2, 0) is 10.0 Å². The van der Waals surface area contributed by atoms with Crippen LogP contribution in [0.25, 0.3) is 0 Å². The molecule has 0 fully saturated rings. The zero-order valence-corrected chi connectivity index (χ0v) is 12.3. The number of sulfonamides is 1. The second-order valence-corrected chi connectivity index (χ2v) is 6.36. The predicted octanol–water partition coefficient (Wildman–Crippen LogP) is 2.22. The Balaban J connectivity index is 3.38. The van der Waals surface area contributed by atoms with Gasteiger partial charge < -0.3 is 0 Å². The van der Waals surface area contributed by atoms with E-state index in [-0.39, 0.29) is 11.4 Å². The van der Waals surface area contributed by atoms with E-state index >= 15 is 0 Å². The molecule has 0 spiro atoms. The summed E-state index contributed by atoms with van der Waals surface area (Å²) < 4.78 is 26.5. The molecule has 1 atom stereocenters. The third-order valence-electron chi connectivity index (χ3n) is 2.72. The molecule has 9 heteroatoms. The van der Waals surface area contributed by atoms with Gasteiger partial charge in [-0.2, -0.15) is 9.98 Å². The molecule has 1 aromatic rings. The molecule has 1 rings (SSSR count). The molecular weight excluding hydrogens is 306 g/mol. The fourth-order valence-corrected chi connectivity index (χ4v) is 3.10. The van der Waals surface area contributed by atoms with Gasteiger partial charge >= 0.3 is 0 Å². The van der Waals surface area contributed by atoms with Crippen molar-refractivity contribution in [3.05, 3.63) is 33.3 Å². The first-order valence-corrected chi connectivity index (χ1v) is 7.40. The highest BCUT2D eigenvalue weighted by atomic mass is 35.5. The van der Waals surface area contributed by atoms with Gasteiger partial charge in [0.05, 0.1) is 11.0 Å². The Hall–Kier alpha value is -1.69. The second-order valence-electron chi connectivity index (χ2n) is 4.27. The van der Waals surface area contributed by atoms with Gasteiger partial charge in [-0.1, -0.05) is 18.5 Å². The van der Waals surface area contributed by atoms with Gasteiger partial charge in [0.15, 0.2) is 4.90 Å². The molecule has 0 aliphatic rings. The van der Waals surface area contributed by atoms with Gasteiger partial charge in [-0.3, -0.25) is 10.1 Å². The van der Waals surface area contributed by atoms with Crippen molar-refractivity contribution in [1.29, 1.82) is 5.26 Å². The van der Waals surface area contributed by atoms with Crippen LogP contribution in [-0.4, -0.2) is 18.9 Å². The molecule has 0 bridgehead atoms. The number of halogens is 1. The van der Waals surface area contributed by atoms with E-state index in [0.717, 1.165) is 12.1 Å². The Morgan fingerprint density at radius 2 is 2.15 bits per heavy atom. The van der Waals surface area contributed by atoms with E-state index < -0.39 is 31.1 Å². The Morgan fingerprint density at radius 3 is 2.60 bits per heavy atom. The summed E-state index contributed by atoms with van der Waals surface area (Å²) >= 11 is 5.63. The third-order valence-corrected chi connectivity index (χ3v) is 4.60. The van der Waals surface area contributed by atoms with Crippen molar-refractivity contribution in [3.63, 3.8) is 0 Å². The maximum absolute atomic E-state index is 12.2. The van der Waals surface area contributed by atoms with Crippen LogP contribution in [0.4, 0.5) is 5.69 Å². The summed E-state index contributed by atoms with van der Waals surface area (Å²) in [5.41, 5.74) is -1.98. The lowest BCUT2D eigenvalue weighted by atomic mass is 10.0. The number of nitro benzene ring substituents is 1. The maximum atomic E-state index is 12.2. The number of hydrogen-bond acceptors (Lipinski definition) is 5. The molecule has 1 aromatic carbocycles. The standard InChI is InChI=1S/C11H12ClN3O4S/c1-3-11(2,7-13)14-20(18,19)10-5-4-8(12)6-9(10)15(16)17/h4-6,14H,3H2,1-2H3. The number of nitrogens with zero attached hydrogens (tertiary/aromatic N) is 2. The van der Waals surface area contributed by atoms with Gasteiger partial charge in [-0.15, -0.1) is 0 Å². The minimum atomic E-state index is -4.21. The van der Waals surface area contributed by atoms with Gasteiger partial charge in [0, 0.05) is 11.1 Å². The monoisotopic (exact) mass is 317 g/mol. The topological polar surface area (TPSA) is 113 Å². The lowest BCUT2D eigenvalue weighted by Crippen LogP contribution is -2.44. The first-order valence-electron chi connectivity index (χ1n) is 5.54. The first-order chi connectivity index (χ1) is 9.15. The summed E-state index contributed by atoms with van der Waals surface area (Å²) in [6.07, 6.45) is 0.212. The molecule has 0 saturated carbocycles. The number of nitriles is 1. The Labute approximate surface area is 121 Å². The number of nitrogens with one attached hydrogen (secondary N) is 1.